The van der Waals surface area contributed by atoms with Gasteiger partial charge in [-0.15, -0.1) is 0 Å². The van der Waals surface area contributed by atoms with Crippen LogP contribution in [0.5, 0.6) is 0 Å². The Morgan fingerprint density at radius 1 is 1.14 bits per heavy atom. The summed E-state index contributed by atoms with van der Waals surface area (Å²) in [6, 6.07) is -0.594. The van der Waals surface area contributed by atoms with Gasteiger partial charge in [-0.25, -0.2) is 4.79 Å². The van der Waals surface area contributed by atoms with Gasteiger partial charge in [0.05, 0.1) is 6.61 Å². The van der Waals surface area contributed by atoms with Crippen LogP contribution in [-0.2, 0) is 14.3 Å². The van der Waals surface area contributed by atoms with Crippen LogP contribution in [0.15, 0.2) is 0 Å². The number of ether oxygens (including phenoxy) is 2. The first-order valence-corrected chi connectivity index (χ1v) is 8.07. The molecule has 0 aromatic carbocycles. The Kier molecular flexibility index (Phi) is 4.70. The normalized spacial score (nSPS) is 25.2. The lowest BCUT2D eigenvalue weighted by molar-refractivity contribution is -0.137. The first-order valence-electron chi connectivity index (χ1n) is 8.07. The van der Waals surface area contributed by atoms with Crippen molar-refractivity contribution in [3.63, 3.8) is 0 Å². The van der Waals surface area contributed by atoms with Crippen LogP contribution in [0.1, 0.15) is 53.9 Å². The van der Waals surface area contributed by atoms with Crippen LogP contribution in [-0.4, -0.2) is 58.9 Å². The van der Waals surface area contributed by atoms with E-state index >= 15 is 0 Å². The van der Waals surface area contributed by atoms with Crippen molar-refractivity contribution in [1.29, 1.82) is 0 Å². The van der Waals surface area contributed by atoms with Gasteiger partial charge in [0.25, 0.3) is 0 Å². The second-order valence-corrected chi connectivity index (χ2v) is 7.51. The summed E-state index contributed by atoms with van der Waals surface area (Å²) in [5, 5.41) is 0. The van der Waals surface area contributed by atoms with Gasteiger partial charge in [-0.3, -0.25) is 9.69 Å². The zero-order chi connectivity index (χ0) is 16.5. The smallest absolute Gasteiger partial charge is 0.413 e. The van der Waals surface area contributed by atoms with Crippen LogP contribution < -0.4 is 0 Å². The number of carbonyl (C=O) groups excluding carboxylic acids is 2. The predicted octanol–water partition coefficient (Wildman–Crippen LogP) is 2.37. The van der Waals surface area contributed by atoms with Crippen molar-refractivity contribution < 1.29 is 19.1 Å². The summed E-state index contributed by atoms with van der Waals surface area (Å²) in [6.45, 7) is 10.8. The molecule has 0 aromatic rings. The van der Waals surface area contributed by atoms with Crippen molar-refractivity contribution in [2.75, 3.05) is 19.7 Å². The Hall–Kier alpha value is -1.30. The van der Waals surface area contributed by atoms with E-state index in [-0.39, 0.29) is 12.5 Å². The fourth-order valence-electron chi connectivity index (χ4n) is 2.97. The minimum Gasteiger partial charge on any atom is -0.444 e. The fraction of sp³-hybridized carbons (Fsp3) is 0.875. The quantitative estimate of drug-likeness (QED) is 0.746. The number of nitrogens with zero attached hydrogens (tertiary/aromatic N) is 2. The molecule has 0 N–H and O–H groups in total. The topological polar surface area (TPSA) is 59.1 Å². The lowest BCUT2D eigenvalue weighted by Crippen LogP contribution is -2.55. The Labute approximate surface area is 132 Å². The zero-order valence-corrected chi connectivity index (χ0v) is 14.3. The second-order valence-electron chi connectivity index (χ2n) is 7.51. The summed E-state index contributed by atoms with van der Waals surface area (Å²) in [6.07, 6.45) is 2.71. The van der Waals surface area contributed by atoms with Crippen LogP contribution >= 0.6 is 0 Å². The van der Waals surface area contributed by atoms with Crippen molar-refractivity contribution in [1.82, 2.24) is 9.80 Å². The molecule has 0 spiro atoms. The number of hydrogen-bond donors (Lipinski definition) is 0. The highest BCUT2D eigenvalue weighted by atomic mass is 16.6. The molecule has 2 heterocycles. The van der Waals surface area contributed by atoms with Crippen LogP contribution in [0.2, 0.25) is 0 Å². The Bertz CT molecular complexity index is 436. The molecule has 126 valence electrons. The Morgan fingerprint density at radius 2 is 1.73 bits per heavy atom. The number of hydrogen-bond acceptors (Lipinski definition) is 4. The summed E-state index contributed by atoms with van der Waals surface area (Å²) in [5.74, 6) is -0.0314. The average Bonchev–Trinajstić information content (AvgIpc) is 2.72. The van der Waals surface area contributed by atoms with Crippen molar-refractivity contribution in [2.24, 2.45) is 0 Å². The highest BCUT2D eigenvalue weighted by molar-refractivity contribution is 5.87. The number of rotatable bonds is 1. The van der Waals surface area contributed by atoms with Gasteiger partial charge in [0.15, 0.2) is 0 Å². The summed E-state index contributed by atoms with van der Waals surface area (Å²) >= 11 is 0. The van der Waals surface area contributed by atoms with Crippen molar-refractivity contribution in [3.05, 3.63) is 0 Å². The largest absolute Gasteiger partial charge is 0.444 e. The van der Waals surface area contributed by atoms with E-state index in [1.54, 1.807) is 13.8 Å². The summed E-state index contributed by atoms with van der Waals surface area (Å²) in [4.78, 5) is 28.6. The number of piperidine rings is 1. The fourth-order valence-corrected chi connectivity index (χ4v) is 2.97. The molecule has 0 radical (unpaired) electrons. The van der Waals surface area contributed by atoms with Crippen LogP contribution in [0, 0.1) is 0 Å². The third-order valence-electron chi connectivity index (χ3n) is 4.03. The third-order valence-corrected chi connectivity index (χ3v) is 4.03. The molecule has 0 unspecified atom stereocenters. The summed E-state index contributed by atoms with van der Waals surface area (Å²) in [5.41, 5.74) is -1.44. The van der Waals surface area contributed by atoms with Gasteiger partial charge in [0.1, 0.15) is 17.4 Å². The summed E-state index contributed by atoms with van der Waals surface area (Å²) < 4.78 is 11.2. The molecular formula is C16H28N2O4. The molecule has 2 aliphatic heterocycles. The van der Waals surface area contributed by atoms with E-state index in [1.807, 2.05) is 25.7 Å². The van der Waals surface area contributed by atoms with E-state index in [0.29, 0.717) is 0 Å². The molecule has 6 nitrogen and oxygen atoms in total. The predicted molar refractivity (Wildman–Crippen MR) is 82.3 cm³/mol. The molecular weight excluding hydrogens is 284 g/mol. The van der Waals surface area contributed by atoms with Crippen LogP contribution in [0.25, 0.3) is 0 Å². The number of carbonyl (C=O) groups is 2. The van der Waals surface area contributed by atoms with E-state index < -0.39 is 23.5 Å². The van der Waals surface area contributed by atoms with Crippen molar-refractivity contribution in [3.8, 4) is 0 Å². The zero-order valence-electron chi connectivity index (χ0n) is 14.3. The molecule has 0 aromatic heterocycles. The van der Waals surface area contributed by atoms with Gasteiger partial charge in [0, 0.05) is 13.1 Å². The van der Waals surface area contributed by atoms with Crippen molar-refractivity contribution in [2.45, 2.75) is 71.2 Å². The van der Waals surface area contributed by atoms with E-state index in [0.717, 1.165) is 32.4 Å². The molecule has 0 bridgehead atoms. The molecule has 1 atom stereocenters. The van der Waals surface area contributed by atoms with Crippen molar-refractivity contribution >= 4 is 12.0 Å². The number of likely N-dealkylation sites (tertiary alicyclic amines) is 1. The minimum absolute atomic E-state index is 0.0314. The average molecular weight is 312 g/mol. The molecule has 0 saturated carbocycles. The maximum absolute atomic E-state index is 12.8. The number of amides is 2. The minimum atomic E-state index is -0.835. The third kappa shape index (κ3) is 3.72. The van der Waals surface area contributed by atoms with E-state index in [2.05, 4.69) is 0 Å². The van der Waals surface area contributed by atoms with Gasteiger partial charge < -0.3 is 14.4 Å². The molecule has 2 amide bonds. The maximum atomic E-state index is 12.8. The van der Waals surface area contributed by atoms with Crippen LogP contribution in [0.3, 0.4) is 0 Å². The van der Waals surface area contributed by atoms with E-state index in [1.165, 1.54) is 4.90 Å². The Balaban J connectivity index is 2.15. The summed E-state index contributed by atoms with van der Waals surface area (Å²) in [7, 11) is 0. The van der Waals surface area contributed by atoms with E-state index in [9.17, 15) is 9.59 Å². The first-order chi connectivity index (χ1) is 10.1. The highest BCUT2D eigenvalue weighted by Gasteiger charge is 2.49. The second kappa shape index (κ2) is 6.07. The lowest BCUT2D eigenvalue weighted by atomic mass is 10.1. The standard InChI is InChI=1S/C16H28N2O4/c1-15(2,3)22-14(20)18-12(11-21-16(18,4)5)13(19)17-9-7-6-8-10-17/h12H,6-11H2,1-5H3/t12-/m0/s1. The maximum Gasteiger partial charge on any atom is 0.413 e. The van der Waals surface area contributed by atoms with Gasteiger partial charge in [-0.2, -0.15) is 0 Å². The molecule has 2 rings (SSSR count). The van der Waals surface area contributed by atoms with Gasteiger partial charge in [-0.05, 0) is 53.9 Å². The van der Waals surface area contributed by atoms with Gasteiger partial charge in [-0.1, -0.05) is 0 Å². The Morgan fingerprint density at radius 3 is 2.27 bits per heavy atom. The van der Waals surface area contributed by atoms with Gasteiger partial charge >= 0.3 is 6.09 Å². The monoisotopic (exact) mass is 312 g/mol. The first kappa shape index (κ1) is 17.1. The van der Waals surface area contributed by atoms with E-state index in [4.69, 9.17) is 9.47 Å². The molecule has 2 fully saturated rings. The lowest BCUT2D eigenvalue weighted by Gasteiger charge is -2.36. The molecule has 2 saturated heterocycles. The van der Waals surface area contributed by atoms with Crippen LogP contribution in [0.4, 0.5) is 4.79 Å². The highest BCUT2D eigenvalue weighted by Crippen LogP contribution is 2.30. The SMILES string of the molecule is CC(C)(C)OC(=O)N1[C@H](C(=O)N2CCCCC2)COC1(C)C. The molecule has 0 aliphatic carbocycles. The molecule has 6 heteroatoms. The molecule has 2 aliphatic rings. The molecule has 22 heavy (non-hydrogen) atoms. The van der Waals surface area contributed by atoms with Gasteiger partial charge in [0.2, 0.25) is 5.91 Å².